The number of nitrogens with two attached hydrogens (primary N) is 1. The van der Waals surface area contributed by atoms with E-state index in [1.807, 2.05) is 0 Å². The zero-order chi connectivity index (χ0) is 15.0. The van der Waals surface area contributed by atoms with Crippen molar-refractivity contribution in [1.29, 1.82) is 0 Å². The lowest BCUT2D eigenvalue weighted by Crippen LogP contribution is -2.48. The monoisotopic (exact) mass is 372 g/mol. The van der Waals surface area contributed by atoms with Gasteiger partial charge in [-0.25, -0.2) is 8.42 Å². The van der Waals surface area contributed by atoms with Crippen molar-refractivity contribution in [2.45, 2.75) is 48.7 Å². The molecule has 2 saturated heterocycles. The summed E-state index contributed by atoms with van der Waals surface area (Å²) in [6.45, 7) is 0.625. The van der Waals surface area contributed by atoms with Crippen LogP contribution in [0.1, 0.15) is 25.7 Å². The lowest BCUT2D eigenvalue weighted by atomic mass is 9.98. The molecule has 6 heteroatoms. The highest BCUT2D eigenvalue weighted by Gasteiger charge is 2.39. The number of hydrogen-bond donors (Lipinski definition) is 1. The Kier molecular flexibility index (Phi) is 4.41. The lowest BCUT2D eigenvalue weighted by Gasteiger charge is -2.37. The van der Waals surface area contributed by atoms with Crippen molar-refractivity contribution in [2.75, 3.05) is 12.3 Å². The highest BCUT2D eigenvalue weighted by molar-refractivity contribution is 9.10. The summed E-state index contributed by atoms with van der Waals surface area (Å²) in [7, 11) is -3.20. The molecule has 0 spiro atoms. The molecular weight excluding hydrogens is 352 g/mol. The van der Waals surface area contributed by atoms with Gasteiger partial charge >= 0.3 is 0 Å². The Bertz CT molecular complexity index is 589. The number of fused-ring (bicyclic) bond motifs is 2. The van der Waals surface area contributed by atoms with Crippen molar-refractivity contribution >= 4 is 25.8 Å². The number of rotatable bonds is 4. The van der Waals surface area contributed by atoms with Crippen LogP contribution in [0.4, 0.5) is 0 Å². The predicted octanol–water partition coefficient (Wildman–Crippen LogP) is 2.18. The number of piperidine rings is 1. The third kappa shape index (κ3) is 3.33. The van der Waals surface area contributed by atoms with Crippen molar-refractivity contribution in [1.82, 2.24) is 4.90 Å². The van der Waals surface area contributed by atoms with Gasteiger partial charge in [0.2, 0.25) is 0 Å². The van der Waals surface area contributed by atoms with E-state index in [-0.39, 0.29) is 5.75 Å². The van der Waals surface area contributed by atoms with Crippen LogP contribution in [0, 0.1) is 0 Å². The molecule has 1 aromatic carbocycles. The molecule has 0 aliphatic carbocycles. The van der Waals surface area contributed by atoms with Crippen LogP contribution in [-0.2, 0) is 9.84 Å². The van der Waals surface area contributed by atoms with E-state index in [1.54, 1.807) is 24.3 Å². The van der Waals surface area contributed by atoms with E-state index in [1.165, 1.54) is 0 Å². The van der Waals surface area contributed by atoms with Crippen LogP contribution in [0.3, 0.4) is 0 Å². The summed E-state index contributed by atoms with van der Waals surface area (Å²) >= 11 is 3.33. The van der Waals surface area contributed by atoms with Gasteiger partial charge < -0.3 is 5.73 Å². The Hall–Kier alpha value is -0.430. The first-order valence-corrected chi connectivity index (χ1v) is 9.90. The summed E-state index contributed by atoms with van der Waals surface area (Å²) in [5.41, 5.74) is 6.06. The molecule has 2 bridgehead atoms. The van der Waals surface area contributed by atoms with Gasteiger partial charge in [-0.3, -0.25) is 4.90 Å². The molecule has 2 heterocycles. The second-order valence-electron chi connectivity index (χ2n) is 6.13. The van der Waals surface area contributed by atoms with E-state index in [2.05, 4.69) is 20.8 Å². The van der Waals surface area contributed by atoms with E-state index in [9.17, 15) is 8.42 Å². The first-order valence-electron chi connectivity index (χ1n) is 7.45. The summed E-state index contributed by atoms with van der Waals surface area (Å²) in [5.74, 6) is 0.191. The summed E-state index contributed by atoms with van der Waals surface area (Å²) < 4.78 is 25.7. The minimum absolute atomic E-state index is 0.191. The number of sulfone groups is 1. The predicted molar refractivity (Wildman–Crippen MR) is 86.9 cm³/mol. The minimum atomic E-state index is -3.20. The number of halogens is 1. The van der Waals surface area contributed by atoms with Crippen molar-refractivity contribution < 1.29 is 8.42 Å². The Morgan fingerprint density at radius 3 is 2.29 bits per heavy atom. The number of hydrogen-bond acceptors (Lipinski definition) is 4. The van der Waals surface area contributed by atoms with E-state index in [0.717, 1.165) is 30.2 Å². The van der Waals surface area contributed by atoms with Gasteiger partial charge in [0.15, 0.2) is 9.84 Å². The summed E-state index contributed by atoms with van der Waals surface area (Å²) in [4.78, 5) is 2.78. The maximum absolute atomic E-state index is 12.4. The van der Waals surface area contributed by atoms with Gasteiger partial charge in [-0.15, -0.1) is 0 Å². The number of benzene rings is 1. The highest BCUT2D eigenvalue weighted by Crippen LogP contribution is 2.34. The fourth-order valence-corrected chi connectivity index (χ4v) is 5.17. The van der Waals surface area contributed by atoms with Crippen LogP contribution < -0.4 is 5.73 Å². The van der Waals surface area contributed by atoms with E-state index < -0.39 is 9.84 Å². The maximum atomic E-state index is 12.4. The molecule has 2 unspecified atom stereocenters. The molecule has 0 amide bonds. The van der Waals surface area contributed by atoms with Gasteiger partial charge in [-0.2, -0.15) is 0 Å². The molecule has 2 fully saturated rings. The number of nitrogens with zero attached hydrogens (tertiary/aromatic N) is 1. The molecule has 0 saturated carbocycles. The van der Waals surface area contributed by atoms with Gasteiger partial charge in [-0.1, -0.05) is 15.9 Å². The Balaban J connectivity index is 1.66. The largest absolute Gasteiger partial charge is 0.328 e. The van der Waals surface area contributed by atoms with Crippen molar-refractivity contribution in [2.24, 2.45) is 5.73 Å². The minimum Gasteiger partial charge on any atom is -0.328 e. The second-order valence-corrected chi connectivity index (χ2v) is 9.15. The van der Waals surface area contributed by atoms with E-state index >= 15 is 0 Å². The Morgan fingerprint density at radius 1 is 1.14 bits per heavy atom. The van der Waals surface area contributed by atoms with Crippen LogP contribution in [0.5, 0.6) is 0 Å². The van der Waals surface area contributed by atoms with Gasteiger partial charge in [0, 0.05) is 29.1 Å². The molecule has 0 aromatic heterocycles. The van der Waals surface area contributed by atoms with Gasteiger partial charge in [0.25, 0.3) is 0 Å². The van der Waals surface area contributed by atoms with Crippen molar-refractivity contribution in [3.8, 4) is 0 Å². The molecule has 3 rings (SSSR count). The quantitative estimate of drug-likeness (QED) is 0.879. The van der Waals surface area contributed by atoms with Gasteiger partial charge in [0.05, 0.1) is 10.6 Å². The average Bonchev–Trinajstić information content (AvgIpc) is 2.68. The molecule has 4 nitrogen and oxygen atoms in total. The highest BCUT2D eigenvalue weighted by atomic mass is 79.9. The molecule has 2 aliphatic heterocycles. The summed E-state index contributed by atoms with van der Waals surface area (Å²) in [6, 6.07) is 8.15. The van der Waals surface area contributed by atoms with Crippen LogP contribution in [0.2, 0.25) is 0 Å². The third-order valence-electron chi connectivity index (χ3n) is 4.71. The molecular formula is C15H21BrN2O2S. The zero-order valence-corrected chi connectivity index (χ0v) is 14.3. The lowest BCUT2D eigenvalue weighted by molar-refractivity contribution is 0.136. The molecule has 0 radical (unpaired) electrons. The SMILES string of the molecule is NC1CC2CCC(C1)N2CCS(=O)(=O)c1ccc(Br)cc1. The summed E-state index contributed by atoms with van der Waals surface area (Å²) in [6.07, 6.45) is 4.34. The molecule has 116 valence electrons. The standard InChI is InChI=1S/C15H21BrN2O2S/c16-11-1-5-15(6-2-11)21(19,20)8-7-18-13-3-4-14(18)10-12(17)9-13/h1-2,5-6,12-14H,3-4,7-10,17H2. The molecule has 2 aliphatic rings. The topological polar surface area (TPSA) is 63.4 Å². The van der Waals surface area contributed by atoms with Crippen LogP contribution in [0.25, 0.3) is 0 Å². The maximum Gasteiger partial charge on any atom is 0.179 e. The van der Waals surface area contributed by atoms with E-state index in [4.69, 9.17) is 5.73 Å². The summed E-state index contributed by atoms with van der Waals surface area (Å²) in [5, 5.41) is 0. The fourth-order valence-electron chi connectivity index (χ4n) is 3.67. The second kappa shape index (κ2) is 5.99. The van der Waals surface area contributed by atoms with Crippen LogP contribution >= 0.6 is 15.9 Å². The van der Waals surface area contributed by atoms with Crippen LogP contribution in [0.15, 0.2) is 33.6 Å². The molecule has 2 N–H and O–H groups in total. The first-order chi connectivity index (χ1) is 9.95. The molecule has 2 atom stereocenters. The first kappa shape index (κ1) is 15.5. The van der Waals surface area contributed by atoms with Gasteiger partial charge in [0.1, 0.15) is 0 Å². The van der Waals surface area contributed by atoms with Crippen LogP contribution in [-0.4, -0.2) is 43.7 Å². The third-order valence-corrected chi connectivity index (χ3v) is 6.95. The van der Waals surface area contributed by atoms with Crippen molar-refractivity contribution in [3.05, 3.63) is 28.7 Å². The molecule has 21 heavy (non-hydrogen) atoms. The van der Waals surface area contributed by atoms with E-state index in [0.29, 0.717) is 29.6 Å². The zero-order valence-electron chi connectivity index (χ0n) is 11.9. The molecule has 1 aromatic rings. The fraction of sp³-hybridized carbons (Fsp3) is 0.600. The average molecular weight is 373 g/mol. The Labute approximate surface area is 134 Å². The van der Waals surface area contributed by atoms with Crippen molar-refractivity contribution in [3.63, 3.8) is 0 Å². The normalized spacial score (nSPS) is 29.7. The smallest absolute Gasteiger partial charge is 0.179 e. The Morgan fingerprint density at radius 2 is 1.71 bits per heavy atom. The van der Waals surface area contributed by atoms with Gasteiger partial charge in [-0.05, 0) is 49.9 Å².